The Morgan fingerprint density at radius 2 is 2.22 bits per heavy atom. The first kappa shape index (κ1) is 12.6. The Bertz CT molecular complexity index is 565. The number of carbonyl (C=O) groups excluding carboxylic acids is 1. The van der Waals surface area contributed by atoms with E-state index in [9.17, 15) is 4.79 Å². The van der Waals surface area contributed by atoms with Crippen LogP contribution in [0.25, 0.3) is 0 Å². The number of hydrogen-bond acceptors (Lipinski definition) is 3. The summed E-state index contributed by atoms with van der Waals surface area (Å²) in [6, 6.07) is 6.68. The molecule has 0 unspecified atom stereocenters. The molecule has 5 nitrogen and oxygen atoms in total. The largest absolute Gasteiger partial charge is 0.304 e. The molecule has 6 heteroatoms. The van der Waals surface area contributed by atoms with Crippen LogP contribution in [0.3, 0.4) is 0 Å². The van der Waals surface area contributed by atoms with Gasteiger partial charge in [-0.3, -0.25) is 9.89 Å². The Balaban J connectivity index is 2.11. The van der Waals surface area contributed by atoms with Gasteiger partial charge in [0.15, 0.2) is 5.82 Å². The number of rotatable bonds is 3. The monoisotopic (exact) mass is 264 g/mol. The quantitative estimate of drug-likeness (QED) is 0.838. The third-order valence-electron chi connectivity index (χ3n) is 2.41. The number of anilines is 1. The molecule has 0 fully saturated rings. The van der Waals surface area contributed by atoms with Crippen molar-refractivity contribution in [3.63, 3.8) is 0 Å². The highest BCUT2D eigenvalue weighted by atomic mass is 35.5. The maximum atomic E-state index is 11.9. The van der Waals surface area contributed by atoms with Crippen LogP contribution in [0.1, 0.15) is 35.9 Å². The minimum Gasteiger partial charge on any atom is -0.304 e. The highest BCUT2D eigenvalue weighted by Gasteiger charge is 2.11. The summed E-state index contributed by atoms with van der Waals surface area (Å²) in [4.78, 5) is 15.8. The molecule has 0 aliphatic heterocycles. The molecule has 0 aromatic carbocycles. The molecule has 2 N–H and O–H groups in total. The van der Waals surface area contributed by atoms with Crippen molar-refractivity contribution >= 4 is 23.3 Å². The van der Waals surface area contributed by atoms with E-state index in [0.717, 1.165) is 5.69 Å². The molecule has 0 radical (unpaired) electrons. The summed E-state index contributed by atoms with van der Waals surface area (Å²) >= 11 is 5.72. The summed E-state index contributed by atoms with van der Waals surface area (Å²) in [5.74, 6) is 0.470. The molecular weight excluding hydrogens is 252 g/mol. The lowest BCUT2D eigenvalue weighted by Gasteiger charge is -2.01. The maximum absolute atomic E-state index is 11.9. The van der Waals surface area contributed by atoms with Gasteiger partial charge in [-0.05, 0) is 18.1 Å². The Hall–Kier alpha value is -1.88. The van der Waals surface area contributed by atoms with Gasteiger partial charge in [0.25, 0.3) is 5.91 Å². The van der Waals surface area contributed by atoms with Crippen LogP contribution >= 0.6 is 11.6 Å². The van der Waals surface area contributed by atoms with Crippen molar-refractivity contribution in [2.24, 2.45) is 0 Å². The fourth-order valence-electron chi connectivity index (χ4n) is 1.41. The first-order valence-corrected chi connectivity index (χ1v) is 5.93. The lowest BCUT2D eigenvalue weighted by Crippen LogP contribution is -2.13. The van der Waals surface area contributed by atoms with Crippen molar-refractivity contribution in [1.29, 1.82) is 0 Å². The van der Waals surface area contributed by atoms with Crippen molar-refractivity contribution in [1.82, 2.24) is 15.2 Å². The summed E-state index contributed by atoms with van der Waals surface area (Å²) in [6.07, 6.45) is 0. The molecule has 2 heterocycles. The predicted molar refractivity (Wildman–Crippen MR) is 69.9 cm³/mol. The van der Waals surface area contributed by atoms with Gasteiger partial charge in [0.2, 0.25) is 0 Å². The first-order valence-electron chi connectivity index (χ1n) is 5.55. The Kier molecular flexibility index (Phi) is 3.62. The molecule has 0 saturated heterocycles. The molecule has 0 bridgehead atoms. The van der Waals surface area contributed by atoms with Gasteiger partial charge in [-0.15, -0.1) is 0 Å². The minimum absolute atomic E-state index is 0.261. The average Bonchev–Trinajstić information content (AvgIpc) is 2.77. The number of pyridine rings is 1. The van der Waals surface area contributed by atoms with Crippen LogP contribution in [0.15, 0.2) is 24.3 Å². The predicted octanol–water partition coefficient (Wildman–Crippen LogP) is 2.83. The summed E-state index contributed by atoms with van der Waals surface area (Å²) in [5, 5.41) is 9.81. The molecule has 0 atom stereocenters. The third-order valence-corrected chi connectivity index (χ3v) is 2.62. The SMILES string of the molecule is CC(C)c1cc(NC(=O)c2cccc(Cl)n2)n[nH]1. The number of carbonyl (C=O) groups is 1. The molecule has 18 heavy (non-hydrogen) atoms. The lowest BCUT2D eigenvalue weighted by molar-refractivity contribution is 0.102. The zero-order valence-electron chi connectivity index (χ0n) is 10.1. The number of halogens is 1. The fraction of sp³-hybridized carbons (Fsp3) is 0.250. The number of aromatic nitrogens is 3. The lowest BCUT2D eigenvalue weighted by atomic mass is 10.1. The number of H-pyrrole nitrogens is 1. The minimum atomic E-state index is -0.334. The van der Waals surface area contributed by atoms with Crippen LogP contribution in [-0.2, 0) is 0 Å². The molecule has 0 aliphatic carbocycles. The zero-order chi connectivity index (χ0) is 13.1. The number of nitrogens with one attached hydrogen (secondary N) is 2. The summed E-state index contributed by atoms with van der Waals surface area (Å²) < 4.78 is 0. The molecule has 1 amide bonds. The standard InChI is InChI=1S/C12H13ClN4O/c1-7(2)9-6-11(17-16-9)15-12(18)8-4-3-5-10(13)14-8/h3-7H,1-2H3,(H2,15,16,17,18). The smallest absolute Gasteiger partial charge is 0.275 e. The van der Waals surface area contributed by atoms with Gasteiger partial charge in [-0.1, -0.05) is 31.5 Å². The summed E-state index contributed by atoms with van der Waals surface area (Å²) in [6.45, 7) is 4.08. The van der Waals surface area contributed by atoms with Crippen molar-refractivity contribution in [3.8, 4) is 0 Å². The van der Waals surface area contributed by atoms with Crippen molar-refractivity contribution in [3.05, 3.63) is 40.8 Å². The second kappa shape index (κ2) is 5.18. The van der Waals surface area contributed by atoms with E-state index in [1.807, 2.05) is 13.8 Å². The van der Waals surface area contributed by atoms with E-state index in [4.69, 9.17) is 11.6 Å². The molecule has 2 aromatic rings. The Morgan fingerprint density at radius 1 is 1.44 bits per heavy atom. The van der Waals surface area contributed by atoms with Gasteiger partial charge in [0.05, 0.1) is 0 Å². The molecular formula is C12H13ClN4O. The zero-order valence-corrected chi connectivity index (χ0v) is 10.8. The number of amides is 1. The van der Waals surface area contributed by atoms with Gasteiger partial charge in [-0.2, -0.15) is 5.10 Å². The van der Waals surface area contributed by atoms with Crippen LogP contribution < -0.4 is 5.32 Å². The van der Waals surface area contributed by atoms with Crippen molar-refractivity contribution in [2.75, 3.05) is 5.32 Å². The molecule has 2 aromatic heterocycles. The van der Waals surface area contributed by atoms with Gasteiger partial charge in [0.1, 0.15) is 10.8 Å². The Labute approximate surface area is 110 Å². The summed E-state index contributed by atoms with van der Waals surface area (Å²) in [5.41, 5.74) is 1.22. The van der Waals surface area contributed by atoms with Crippen LogP contribution in [-0.4, -0.2) is 21.1 Å². The van der Waals surface area contributed by atoms with Gasteiger partial charge >= 0.3 is 0 Å². The second-order valence-electron chi connectivity index (χ2n) is 4.16. The van der Waals surface area contributed by atoms with Gasteiger partial charge in [0, 0.05) is 11.8 Å². The summed E-state index contributed by atoms with van der Waals surface area (Å²) in [7, 11) is 0. The molecule has 94 valence electrons. The maximum Gasteiger partial charge on any atom is 0.275 e. The number of aromatic amines is 1. The topological polar surface area (TPSA) is 70.7 Å². The Morgan fingerprint density at radius 3 is 2.83 bits per heavy atom. The van der Waals surface area contributed by atoms with Crippen LogP contribution in [0, 0.1) is 0 Å². The van der Waals surface area contributed by atoms with E-state index in [-0.39, 0.29) is 16.8 Å². The van der Waals surface area contributed by atoms with E-state index >= 15 is 0 Å². The highest BCUT2D eigenvalue weighted by Crippen LogP contribution is 2.15. The van der Waals surface area contributed by atoms with Crippen molar-refractivity contribution < 1.29 is 4.79 Å². The van der Waals surface area contributed by atoms with Gasteiger partial charge in [-0.25, -0.2) is 4.98 Å². The fourth-order valence-corrected chi connectivity index (χ4v) is 1.58. The van der Waals surface area contributed by atoms with E-state index in [2.05, 4.69) is 20.5 Å². The first-order chi connectivity index (χ1) is 8.56. The highest BCUT2D eigenvalue weighted by molar-refractivity contribution is 6.29. The number of hydrogen-bond donors (Lipinski definition) is 2. The van der Waals surface area contributed by atoms with E-state index in [0.29, 0.717) is 11.7 Å². The van der Waals surface area contributed by atoms with E-state index < -0.39 is 0 Å². The molecule has 0 saturated carbocycles. The molecule has 0 aliphatic rings. The molecule has 2 rings (SSSR count). The average molecular weight is 265 g/mol. The number of nitrogens with zero attached hydrogens (tertiary/aromatic N) is 2. The van der Waals surface area contributed by atoms with E-state index in [1.54, 1.807) is 24.3 Å². The van der Waals surface area contributed by atoms with Crippen LogP contribution in [0.4, 0.5) is 5.82 Å². The normalized spacial score (nSPS) is 10.7. The third kappa shape index (κ3) is 2.87. The molecule has 0 spiro atoms. The van der Waals surface area contributed by atoms with Gasteiger partial charge < -0.3 is 5.32 Å². The van der Waals surface area contributed by atoms with Crippen molar-refractivity contribution in [2.45, 2.75) is 19.8 Å². The van der Waals surface area contributed by atoms with Crippen LogP contribution in [0.5, 0.6) is 0 Å². The second-order valence-corrected chi connectivity index (χ2v) is 4.55. The van der Waals surface area contributed by atoms with Crippen LogP contribution in [0.2, 0.25) is 5.15 Å². The van der Waals surface area contributed by atoms with E-state index in [1.165, 1.54) is 0 Å².